The highest BCUT2D eigenvalue weighted by Crippen LogP contribution is 2.32. The fraction of sp³-hybridized carbons (Fsp3) is 0.333. The summed E-state index contributed by atoms with van der Waals surface area (Å²) < 4.78 is 38.5. The maximum absolute atomic E-state index is 11.7. The first-order valence-electron chi connectivity index (χ1n) is 4.23. The molecule has 0 saturated carbocycles. The van der Waals surface area contributed by atoms with E-state index in [9.17, 15) is 13.2 Å². The number of anilines is 1. The molecule has 6 heteroatoms. The van der Waals surface area contributed by atoms with Crippen LogP contribution in [0.4, 0.5) is 18.9 Å². The molecule has 0 aromatic heterocycles. The Bertz CT molecular complexity index is 313. The van der Waals surface area contributed by atoms with Gasteiger partial charge < -0.3 is 15.6 Å². The zero-order valence-electron chi connectivity index (χ0n) is 8.30. The molecule has 0 spiro atoms. The molecule has 0 radical (unpaired) electrons. The second kappa shape index (κ2) is 5.33. The van der Waals surface area contributed by atoms with Gasteiger partial charge in [-0.1, -0.05) is 13.8 Å². The van der Waals surface area contributed by atoms with Gasteiger partial charge in [0.2, 0.25) is 0 Å². The third-order valence-electron chi connectivity index (χ3n) is 1.21. The van der Waals surface area contributed by atoms with Crippen LogP contribution in [0.15, 0.2) is 18.2 Å². The zero-order chi connectivity index (χ0) is 12.1. The van der Waals surface area contributed by atoms with Gasteiger partial charge in [-0.2, -0.15) is 0 Å². The summed E-state index contributed by atoms with van der Waals surface area (Å²) in [6.45, 7) is 4.00. The lowest BCUT2D eigenvalue weighted by atomic mass is 10.3. The van der Waals surface area contributed by atoms with Gasteiger partial charge in [0.1, 0.15) is 0 Å². The Morgan fingerprint density at radius 2 is 1.80 bits per heavy atom. The molecule has 1 rings (SSSR count). The molecule has 0 heterocycles. The van der Waals surface area contributed by atoms with E-state index in [1.807, 2.05) is 13.8 Å². The number of aromatic hydroxyl groups is 1. The van der Waals surface area contributed by atoms with E-state index in [-0.39, 0.29) is 5.69 Å². The molecule has 0 amide bonds. The van der Waals surface area contributed by atoms with E-state index < -0.39 is 17.9 Å². The highest BCUT2D eigenvalue weighted by molar-refractivity contribution is 5.51. The van der Waals surface area contributed by atoms with Crippen LogP contribution in [-0.4, -0.2) is 11.5 Å². The van der Waals surface area contributed by atoms with Crippen LogP contribution in [0.25, 0.3) is 0 Å². The number of alkyl halides is 3. The molecule has 86 valence electrons. The number of nitrogen functional groups attached to an aromatic ring is 1. The first-order valence-corrected chi connectivity index (χ1v) is 4.23. The van der Waals surface area contributed by atoms with Gasteiger partial charge in [0.05, 0.1) is 0 Å². The van der Waals surface area contributed by atoms with E-state index in [0.717, 1.165) is 12.1 Å². The van der Waals surface area contributed by atoms with Gasteiger partial charge in [-0.15, -0.1) is 13.2 Å². The second-order valence-electron chi connectivity index (χ2n) is 2.27. The number of phenolic OH excluding ortho intramolecular Hbond substituents is 1. The van der Waals surface area contributed by atoms with Crippen molar-refractivity contribution in [1.29, 1.82) is 0 Å². The predicted octanol–water partition coefficient (Wildman–Crippen LogP) is 2.90. The monoisotopic (exact) mass is 223 g/mol. The van der Waals surface area contributed by atoms with Crippen LogP contribution in [0, 0.1) is 0 Å². The standard InChI is InChI=1S/C7H6F3NO2.C2H6/c8-7(9,10)13-6-3-4(11)1-2-5(6)12;1-2/h1-3,12H,11H2;1-2H3. The molecule has 1 aromatic rings. The number of nitrogens with two attached hydrogens (primary N) is 1. The van der Waals surface area contributed by atoms with Crippen LogP contribution in [-0.2, 0) is 0 Å². The van der Waals surface area contributed by atoms with Gasteiger partial charge in [0, 0.05) is 11.8 Å². The third kappa shape index (κ3) is 4.99. The van der Waals surface area contributed by atoms with Crippen molar-refractivity contribution in [2.45, 2.75) is 20.2 Å². The first-order chi connectivity index (χ1) is 6.88. The minimum absolute atomic E-state index is 0.0806. The number of hydrogen-bond donors (Lipinski definition) is 2. The Hall–Kier alpha value is -1.59. The summed E-state index contributed by atoms with van der Waals surface area (Å²) in [4.78, 5) is 0. The molecule has 0 aliphatic heterocycles. The molecular formula is C9H12F3NO2. The van der Waals surface area contributed by atoms with E-state index in [0.29, 0.717) is 0 Å². The summed E-state index contributed by atoms with van der Waals surface area (Å²) in [5, 5.41) is 8.92. The van der Waals surface area contributed by atoms with Crippen LogP contribution in [0.2, 0.25) is 0 Å². The number of rotatable bonds is 1. The number of hydrogen-bond acceptors (Lipinski definition) is 3. The van der Waals surface area contributed by atoms with E-state index >= 15 is 0 Å². The first kappa shape index (κ1) is 13.4. The van der Waals surface area contributed by atoms with Crippen molar-refractivity contribution in [1.82, 2.24) is 0 Å². The van der Waals surface area contributed by atoms with Crippen LogP contribution in [0.3, 0.4) is 0 Å². The lowest BCUT2D eigenvalue weighted by molar-refractivity contribution is -0.275. The van der Waals surface area contributed by atoms with Crippen LogP contribution < -0.4 is 10.5 Å². The smallest absolute Gasteiger partial charge is 0.504 e. The van der Waals surface area contributed by atoms with Crippen molar-refractivity contribution in [3.05, 3.63) is 18.2 Å². The summed E-state index contributed by atoms with van der Waals surface area (Å²) in [5.41, 5.74) is 5.27. The Kier molecular flexibility index (Phi) is 4.77. The summed E-state index contributed by atoms with van der Waals surface area (Å²) in [5.74, 6) is -1.31. The minimum atomic E-state index is -4.83. The summed E-state index contributed by atoms with van der Waals surface area (Å²) in [6.07, 6.45) is -4.83. The van der Waals surface area contributed by atoms with Crippen LogP contribution in [0.1, 0.15) is 13.8 Å². The normalized spacial score (nSPS) is 10.2. The molecular weight excluding hydrogens is 211 g/mol. The average Bonchev–Trinajstić information content (AvgIpc) is 2.12. The fourth-order valence-corrected chi connectivity index (χ4v) is 0.737. The predicted molar refractivity (Wildman–Crippen MR) is 50.6 cm³/mol. The molecule has 0 bridgehead atoms. The molecule has 0 atom stereocenters. The highest BCUT2D eigenvalue weighted by atomic mass is 19.4. The van der Waals surface area contributed by atoms with Crippen molar-refractivity contribution < 1.29 is 23.0 Å². The summed E-state index contributed by atoms with van der Waals surface area (Å²) in [6, 6.07) is 3.18. The fourth-order valence-electron chi connectivity index (χ4n) is 0.737. The van der Waals surface area contributed by atoms with Crippen LogP contribution in [0.5, 0.6) is 11.5 Å². The van der Waals surface area contributed by atoms with Gasteiger partial charge in [0.25, 0.3) is 0 Å². The Morgan fingerprint density at radius 3 is 2.27 bits per heavy atom. The number of benzene rings is 1. The van der Waals surface area contributed by atoms with Crippen molar-refractivity contribution in [2.75, 3.05) is 5.73 Å². The topological polar surface area (TPSA) is 55.5 Å². The van der Waals surface area contributed by atoms with E-state index in [1.165, 1.54) is 6.07 Å². The Labute approximate surface area is 85.3 Å². The van der Waals surface area contributed by atoms with E-state index in [1.54, 1.807) is 0 Å². The lowest BCUT2D eigenvalue weighted by Crippen LogP contribution is -2.17. The molecule has 1 aromatic carbocycles. The van der Waals surface area contributed by atoms with Gasteiger partial charge in [-0.25, -0.2) is 0 Å². The van der Waals surface area contributed by atoms with Gasteiger partial charge in [0.15, 0.2) is 11.5 Å². The molecule has 3 N–H and O–H groups in total. The SMILES string of the molecule is CC.Nc1ccc(O)c(OC(F)(F)F)c1. The second-order valence-corrected chi connectivity index (χ2v) is 2.27. The molecule has 15 heavy (non-hydrogen) atoms. The van der Waals surface area contributed by atoms with Crippen molar-refractivity contribution in [3.8, 4) is 11.5 Å². The molecule has 0 saturated heterocycles. The van der Waals surface area contributed by atoms with Crippen LogP contribution >= 0.6 is 0 Å². The zero-order valence-corrected chi connectivity index (χ0v) is 8.30. The Morgan fingerprint density at radius 1 is 1.27 bits per heavy atom. The highest BCUT2D eigenvalue weighted by Gasteiger charge is 2.32. The number of halogens is 3. The van der Waals surface area contributed by atoms with Crippen molar-refractivity contribution in [3.63, 3.8) is 0 Å². The Balaban J connectivity index is 0.000000921. The van der Waals surface area contributed by atoms with E-state index in [2.05, 4.69) is 4.74 Å². The average molecular weight is 223 g/mol. The van der Waals surface area contributed by atoms with Gasteiger partial charge in [-0.05, 0) is 12.1 Å². The minimum Gasteiger partial charge on any atom is -0.504 e. The maximum atomic E-state index is 11.7. The van der Waals surface area contributed by atoms with Crippen molar-refractivity contribution >= 4 is 5.69 Å². The molecule has 3 nitrogen and oxygen atoms in total. The van der Waals surface area contributed by atoms with Gasteiger partial charge in [-0.3, -0.25) is 0 Å². The largest absolute Gasteiger partial charge is 0.573 e. The van der Waals surface area contributed by atoms with E-state index in [4.69, 9.17) is 10.8 Å². The molecule has 0 fully saturated rings. The number of ether oxygens (including phenoxy) is 1. The van der Waals surface area contributed by atoms with Crippen molar-refractivity contribution in [2.24, 2.45) is 0 Å². The maximum Gasteiger partial charge on any atom is 0.573 e. The molecule has 0 aliphatic rings. The van der Waals surface area contributed by atoms with Gasteiger partial charge >= 0.3 is 6.36 Å². The lowest BCUT2D eigenvalue weighted by Gasteiger charge is -2.10. The summed E-state index contributed by atoms with van der Waals surface area (Å²) in [7, 11) is 0. The quantitative estimate of drug-likeness (QED) is 0.568. The number of phenols is 1. The molecule has 0 unspecified atom stereocenters. The summed E-state index contributed by atoms with van der Waals surface area (Å²) >= 11 is 0. The molecule has 0 aliphatic carbocycles. The third-order valence-corrected chi connectivity index (χ3v) is 1.21.